The summed E-state index contributed by atoms with van der Waals surface area (Å²) in [5.41, 5.74) is 3.54. The van der Waals surface area contributed by atoms with Crippen molar-refractivity contribution < 1.29 is 0 Å². The van der Waals surface area contributed by atoms with E-state index < -0.39 is 0 Å². The summed E-state index contributed by atoms with van der Waals surface area (Å²) in [5, 5.41) is 1.78. The SMILES string of the molecule is Cc1ccc(N(N)CCc2ccncc2)cc1. The van der Waals surface area contributed by atoms with Gasteiger partial charge < -0.3 is 5.01 Å². The fourth-order valence-electron chi connectivity index (χ4n) is 1.66. The van der Waals surface area contributed by atoms with Crippen LogP contribution in [0.4, 0.5) is 5.69 Å². The van der Waals surface area contributed by atoms with E-state index in [1.807, 2.05) is 36.7 Å². The molecule has 0 unspecified atom stereocenters. The van der Waals surface area contributed by atoms with Crippen LogP contribution in [0.15, 0.2) is 48.8 Å². The number of hydrazine groups is 1. The zero-order chi connectivity index (χ0) is 12.1. The van der Waals surface area contributed by atoms with Crippen LogP contribution in [0.5, 0.6) is 0 Å². The van der Waals surface area contributed by atoms with Crippen molar-refractivity contribution in [3.05, 3.63) is 59.9 Å². The third kappa shape index (κ3) is 3.29. The molecule has 0 fully saturated rings. The van der Waals surface area contributed by atoms with Crippen molar-refractivity contribution in [2.24, 2.45) is 5.84 Å². The molecule has 0 atom stereocenters. The average molecular weight is 227 g/mol. The Bertz CT molecular complexity index is 451. The molecular formula is C14H17N3. The molecule has 3 nitrogen and oxygen atoms in total. The lowest BCUT2D eigenvalue weighted by Gasteiger charge is -2.18. The van der Waals surface area contributed by atoms with Crippen molar-refractivity contribution in [2.45, 2.75) is 13.3 Å². The maximum absolute atomic E-state index is 6.01. The van der Waals surface area contributed by atoms with Crippen LogP contribution >= 0.6 is 0 Å². The summed E-state index contributed by atoms with van der Waals surface area (Å²) in [6.07, 6.45) is 4.54. The molecule has 0 saturated heterocycles. The van der Waals surface area contributed by atoms with E-state index in [1.54, 1.807) is 5.01 Å². The van der Waals surface area contributed by atoms with E-state index in [4.69, 9.17) is 5.84 Å². The third-order valence-electron chi connectivity index (χ3n) is 2.76. The first kappa shape index (κ1) is 11.6. The van der Waals surface area contributed by atoms with Crippen LogP contribution < -0.4 is 10.9 Å². The number of benzene rings is 1. The van der Waals surface area contributed by atoms with Gasteiger partial charge in [0.1, 0.15) is 0 Å². The smallest absolute Gasteiger partial charge is 0.0517 e. The lowest BCUT2D eigenvalue weighted by atomic mass is 10.2. The normalized spacial score (nSPS) is 10.2. The first-order valence-electron chi connectivity index (χ1n) is 5.73. The number of anilines is 1. The van der Waals surface area contributed by atoms with Crippen molar-refractivity contribution >= 4 is 5.69 Å². The number of nitrogens with zero attached hydrogens (tertiary/aromatic N) is 2. The van der Waals surface area contributed by atoms with Crippen molar-refractivity contribution in [1.82, 2.24) is 4.98 Å². The first-order chi connectivity index (χ1) is 8.25. The summed E-state index contributed by atoms with van der Waals surface area (Å²) in [7, 11) is 0. The second kappa shape index (κ2) is 5.46. The zero-order valence-electron chi connectivity index (χ0n) is 10.0. The minimum Gasteiger partial charge on any atom is -0.311 e. The fraction of sp³-hybridized carbons (Fsp3) is 0.214. The molecule has 17 heavy (non-hydrogen) atoms. The molecule has 1 aromatic carbocycles. The second-order valence-corrected chi connectivity index (χ2v) is 4.13. The predicted molar refractivity (Wildman–Crippen MR) is 70.7 cm³/mol. The number of hydrogen-bond donors (Lipinski definition) is 1. The molecule has 0 radical (unpaired) electrons. The second-order valence-electron chi connectivity index (χ2n) is 4.13. The fourth-order valence-corrected chi connectivity index (χ4v) is 1.66. The molecular weight excluding hydrogens is 210 g/mol. The number of aryl methyl sites for hydroxylation is 1. The van der Waals surface area contributed by atoms with Gasteiger partial charge in [0.2, 0.25) is 0 Å². The Hall–Kier alpha value is -1.87. The van der Waals surface area contributed by atoms with Gasteiger partial charge in [-0.3, -0.25) is 4.98 Å². The molecule has 0 bridgehead atoms. The maximum Gasteiger partial charge on any atom is 0.0517 e. The molecule has 0 spiro atoms. The summed E-state index contributed by atoms with van der Waals surface area (Å²) >= 11 is 0. The minimum absolute atomic E-state index is 0.799. The lowest BCUT2D eigenvalue weighted by Crippen LogP contribution is -2.32. The highest BCUT2D eigenvalue weighted by molar-refractivity contribution is 5.46. The van der Waals surface area contributed by atoms with E-state index in [1.165, 1.54) is 11.1 Å². The molecule has 1 heterocycles. The first-order valence-corrected chi connectivity index (χ1v) is 5.73. The Morgan fingerprint density at radius 2 is 1.71 bits per heavy atom. The van der Waals surface area contributed by atoms with E-state index in [2.05, 4.69) is 24.0 Å². The van der Waals surface area contributed by atoms with Crippen molar-refractivity contribution in [1.29, 1.82) is 0 Å². The quantitative estimate of drug-likeness (QED) is 0.644. The van der Waals surface area contributed by atoms with Gasteiger partial charge in [-0.2, -0.15) is 0 Å². The number of aromatic nitrogens is 1. The van der Waals surface area contributed by atoms with Gasteiger partial charge in [0.05, 0.1) is 5.69 Å². The van der Waals surface area contributed by atoms with E-state index in [0.717, 1.165) is 18.7 Å². The highest BCUT2D eigenvalue weighted by Gasteiger charge is 2.01. The summed E-state index contributed by atoms with van der Waals surface area (Å²) in [4.78, 5) is 4.00. The Labute approximate surface area is 102 Å². The Balaban J connectivity index is 1.93. The van der Waals surface area contributed by atoms with Crippen LogP contribution in [-0.4, -0.2) is 11.5 Å². The molecule has 0 amide bonds. The van der Waals surface area contributed by atoms with Gasteiger partial charge in [-0.15, -0.1) is 0 Å². The Morgan fingerprint density at radius 3 is 2.35 bits per heavy atom. The molecule has 2 rings (SSSR count). The summed E-state index contributed by atoms with van der Waals surface area (Å²) in [6, 6.07) is 12.3. The molecule has 88 valence electrons. The van der Waals surface area contributed by atoms with Crippen LogP contribution in [-0.2, 0) is 6.42 Å². The highest BCUT2D eigenvalue weighted by Crippen LogP contribution is 2.12. The lowest BCUT2D eigenvalue weighted by molar-refractivity contribution is 0.823. The molecule has 2 N–H and O–H groups in total. The predicted octanol–water partition coefficient (Wildman–Crippen LogP) is 2.31. The highest BCUT2D eigenvalue weighted by atomic mass is 15.4. The van der Waals surface area contributed by atoms with Gasteiger partial charge in [-0.05, 0) is 43.2 Å². The summed E-state index contributed by atoms with van der Waals surface area (Å²) < 4.78 is 0. The van der Waals surface area contributed by atoms with Crippen molar-refractivity contribution in [3.63, 3.8) is 0 Å². The standard InChI is InChI=1S/C14H17N3/c1-12-2-4-14(5-3-12)17(15)11-8-13-6-9-16-10-7-13/h2-7,9-10H,8,11,15H2,1H3. The van der Waals surface area contributed by atoms with Gasteiger partial charge in [-0.25, -0.2) is 5.84 Å². The summed E-state index contributed by atoms with van der Waals surface area (Å²) in [6.45, 7) is 2.87. The van der Waals surface area contributed by atoms with Crippen LogP contribution in [0.3, 0.4) is 0 Å². The monoisotopic (exact) mass is 227 g/mol. The number of hydrogen-bond acceptors (Lipinski definition) is 3. The van der Waals surface area contributed by atoms with Gasteiger partial charge in [-0.1, -0.05) is 17.7 Å². The van der Waals surface area contributed by atoms with E-state index >= 15 is 0 Å². The van der Waals surface area contributed by atoms with Crippen LogP contribution in [0, 0.1) is 6.92 Å². The molecule has 0 aliphatic heterocycles. The topological polar surface area (TPSA) is 42.1 Å². The van der Waals surface area contributed by atoms with Crippen LogP contribution in [0.2, 0.25) is 0 Å². The molecule has 0 aliphatic carbocycles. The van der Waals surface area contributed by atoms with Crippen molar-refractivity contribution in [3.8, 4) is 0 Å². The van der Waals surface area contributed by atoms with E-state index in [-0.39, 0.29) is 0 Å². The molecule has 3 heteroatoms. The minimum atomic E-state index is 0.799. The zero-order valence-corrected chi connectivity index (χ0v) is 10.0. The Kier molecular flexibility index (Phi) is 3.73. The third-order valence-corrected chi connectivity index (χ3v) is 2.76. The van der Waals surface area contributed by atoms with E-state index in [9.17, 15) is 0 Å². The van der Waals surface area contributed by atoms with Crippen LogP contribution in [0.25, 0.3) is 0 Å². The molecule has 0 aliphatic rings. The largest absolute Gasteiger partial charge is 0.311 e. The maximum atomic E-state index is 6.01. The number of nitrogens with two attached hydrogens (primary N) is 1. The Morgan fingerprint density at radius 1 is 1.06 bits per heavy atom. The molecule has 2 aromatic rings. The van der Waals surface area contributed by atoms with Gasteiger partial charge >= 0.3 is 0 Å². The van der Waals surface area contributed by atoms with E-state index in [0.29, 0.717) is 0 Å². The molecule has 1 aromatic heterocycles. The number of rotatable bonds is 4. The average Bonchev–Trinajstić information content (AvgIpc) is 2.38. The van der Waals surface area contributed by atoms with Gasteiger partial charge in [0, 0.05) is 18.9 Å². The van der Waals surface area contributed by atoms with Gasteiger partial charge in [0.25, 0.3) is 0 Å². The van der Waals surface area contributed by atoms with Crippen LogP contribution in [0.1, 0.15) is 11.1 Å². The van der Waals surface area contributed by atoms with Gasteiger partial charge in [0.15, 0.2) is 0 Å². The van der Waals surface area contributed by atoms with Crippen molar-refractivity contribution in [2.75, 3.05) is 11.6 Å². The summed E-state index contributed by atoms with van der Waals surface area (Å²) in [5.74, 6) is 6.01. The molecule has 0 saturated carbocycles. The number of pyridine rings is 1.